The van der Waals surface area contributed by atoms with E-state index in [0.717, 1.165) is 0 Å². The van der Waals surface area contributed by atoms with Crippen LogP contribution in [0.5, 0.6) is 0 Å². The average molecular weight is 170 g/mol. The maximum absolute atomic E-state index is 10.9. The van der Waals surface area contributed by atoms with Crippen LogP contribution in [0.25, 0.3) is 0 Å². The van der Waals surface area contributed by atoms with Gasteiger partial charge in [0.2, 0.25) is 8.32 Å². The van der Waals surface area contributed by atoms with Crippen LogP contribution in [0.4, 0.5) is 0 Å². The summed E-state index contributed by atoms with van der Waals surface area (Å²) in [6.45, 7) is 5.92. The third-order valence-electron chi connectivity index (χ3n) is 0.893. The van der Waals surface area contributed by atoms with Gasteiger partial charge in [0.15, 0.2) is 0 Å². The Morgan fingerprint density at radius 2 is 2.09 bits per heavy atom. The van der Waals surface area contributed by atoms with Crippen molar-refractivity contribution in [3.05, 3.63) is 0 Å². The molecular weight excluding hydrogens is 156 g/mol. The van der Waals surface area contributed by atoms with Crippen LogP contribution in [0.3, 0.4) is 0 Å². The molecule has 0 saturated heterocycles. The van der Waals surface area contributed by atoms with E-state index in [1.807, 2.05) is 19.6 Å². The quantitative estimate of drug-likeness (QED) is 0.476. The van der Waals surface area contributed by atoms with Gasteiger partial charge < -0.3 is 4.43 Å². The van der Waals surface area contributed by atoms with Gasteiger partial charge in [0.25, 0.3) is 5.97 Å². The fourth-order valence-electron chi connectivity index (χ4n) is 0.567. The van der Waals surface area contributed by atoms with Crippen molar-refractivity contribution in [1.82, 2.24) is 0 Å². The van der Waals surface area contributed by atoms with Crippen molar-refractivity contribution in [3.8, 4) is 12.3 Å². The molecule has 0 bridgehead atoms. The van der Waals surface area contributed by atoms with Crippen molar-refractivity contribution in [2.75, 3.05) is 0 Å². The average Bonchev–Trinajstić information content (AvgIpc) is 1.79. The second-order valence-electron chi connectivity index (χ2n) is 3.29. The highest BCUT2D eigenvalue weighted by Crippen LogP contribution is 2.04. The Balaban J connectivity index is 3.64. The largest absolute Gasteiger partial charge is 0.520 e. The Labute approximate surface area is 69.1 Å². The molecule has 0 atom stereocenters. The smallest absolute Gasteiger partial charge is 0.293 e. The monoisotopic (exact) mass is 170 g/mol. The van der Waals surface area contributed by atoms with Crippen LogP contribution in [0.2, 0.25) is 19.6 Å². The number of hydrogen-bond acceptors (Lipinski definition) is 2. The molecule has 11 heavy (non-hydrogen) atoms. The number of hydrogen-bond donors (Lipinski definition) is 0. The Morgan fingerprint density at radius 3 is 2.45 bits per heavy atom. The lowest BCUT2D eigenvalue weighted by atomic mass is 10.3. The van der Waals surface area contributed by atoms with Crippen LogP contribution in [-0.2, 0) is 9.22 Å². The lowest BCUT2D eigenvalue weighted by molar-refractivity contribution is -0.134. The van der Waals surface area contributed by atoms with Crippen LogP contribution in [0, 0.1) is 12.3 Å². The molecule has 0 amide bonds. The topological polar surface area (TPSA) is 26.3 Å². The van der Waals surface area contributed by atoms with E-state index >= 15 is 0 Å². The van der Waals surface area contributed by atoms with Gasteiger partial charge in [0.1, 0.15) is 0 Å². The molecule has 0 saturated carbocycles. The van der Waals surface area contributed by atoms with Gasteiger partial charge in [0, 0.05) is 6.42 Å². The molecule has 0 aliphatic heterocycles. The maximum Gasteiger partial charge on any atom is 0.293 e. The van der Waals surface area contributed by atoms with Gasteiger partial charge in [0.05, 0.1) is 6.42 Å². The zero-order chi connectivity index (χ0) is 8.91. The Bertz CT molecular complexity index is 174. The highest BCUT2D eigenvalue weighted by molar-refractivity contribution is 6.71. The van der Waals surface area contributed by atoms with E-state index in [1.165, 1.54) is 0 Å². The van der Waals surface area contributed by atoms with E-state index < -0.39 is 8.32 Å². The van der Waals surface area contributed by atoms with Crippen molar-refractivity contribution in [2.45, 2.75) is 32.5 Å². The van der Waals surface area contributed by atoms with Crippen molar-refractivity contribution in [2.24, 2.45) is 0 Å². The van der Waals surface area contributed by atoms with Gasteiger partial charge in [-0.25, -0.2) is 0 Å². The number of carbonyl (C=O) groups excluding carboxylic acids is 1. The molecular formula is C8H14O2Si. The number of terminal acetylenes is 1. The second kappa shape index (κ2) is 4.19. The molecule has 0 aromatic rings. The van der Waals surface area contributed by atoms with Crippen LogP contribution in [0.1, 0.15) is 12.8 Å². The Hall–Kier alpha value is -0.753. The normalized spacial score (nSPS) is 10.4. The SMILES string of the molecule is C#CCCC(=O)O[Si](C)(C)C. The summed E-state index contributed by atoms with van der Waals surface area (Å²) in [5.74, 6) is 2.23. The third kappa shape index (κ3) is 7.14. The van der Waals surface area contributed by atoms with Crippen molar-refractivity contribution in [1.29, 1.82) is 0 Å². The first-order valence-corrected chi connectivity index (χ1v) is 7.02. The van der Waals surface area contributed by atoms with Gasteiger partial charge in [-0.2, -0.15) is 0 Å². The highest BCUT2D eigenvalue weighted by atomic mass is 28.4. The minimum Gasteiger partial charge on any atom is -0.520 e. The molecule has 0 aliphatic rings. The summed E-state index contributed by atoms with van der Waals surface area (Å²) in [4.78, 5) is 10.9. The van der Waals surface area contributed by atoms with Crippen molar-refractivity contribution < 1.29 is 9.22 Å². The minimum atomic E-state index is -1.69. The molecule has 0 aromatic carbocycles. The van der Waals surface area contributed by atoms with Gasteiger partial charge in [-0.3, -0.25) is 4.79 Å². The first-order chi connectivity index (χ1) is 4.95. The van der Waals surface area contributed by atoms with E-state index in [9.17, 15) is 4.79 Å². The molecule has 0 aliphatic carbocycles. The van der Waals surface area contributed by atoms with E-state index in [4.69, 9.17) is 10.8 Å². The Morgan fingerprint density at radius 1 is 1.55 bits per heavy atom. The Kier molecular flexibility index (Phi) is 3.91. The fraction of sp³-hybridized carbons (Fsp3) is 0.625. The third-order valence-corrected chi connectivity index (χ3v) is 1.73. The molecule has 3 heteroatoms. The molecule has 62 valence electrons. The van der Waals surface area contributed by atoms with E-state index in [2.05, 4.69) is 5.92 Å². The zero-order valence-corrected chi connectivity index (χ0v) is 8.31. The zero-order valence-electron chi connectivity index (χ0n) is 7.31. The molecule has 0 spiro atoms. The fourth-order valence-corrected chi connectivity index (χ4v) is 1.35. The molecule has 0 rings (SSSR count). The lowest BCUT2D eigenvalue weighted by Crippen LogP contribution is -2.28. The molecule has 0 unspecified atom stereocenters. The summed E-state index contributed by atoms with van der Waals surface area (Å²) >= 11 is 0. The van der Waals surface area contributed by atoms with E-state index in [0.29, 0.717) is 12.8 Å². The van der Waals surface area contributed by atoms with Crippen LogP contribution in [-0.4, -0.2) is 14.3 Å². The second-order valence-corrected chi connectivity index (χ2v) is 7.72. The summed E-state index contributed by atoms with van der Waals surface area (Å²) in [6.07, 6.45) is 5.82. The maximum atomic E-state index is 10.9. The van der Waals surface area contributed by atoms with Crippen molar-refractivity contribution >= 4 is 14.3 Å². The van der Waals surface area contributed by atoms with Gasteiger partial charge in [-0.05, 0) is 19.6 Å². The molecule has 2 nitrogen and oxygen atoms in total. The number of rotatable bonds is 3. The van der Waals surface area contributed by atoms with Crippen LogP contribution in [0.15, 0.2) is 0 Å². The van der Waals surface area contributed by atoms with Gasteiger partial charge >= 0.3 is 0 Å². The summed E-state index contributed by atoms with van der Waals surface area (Å²) in [5, 5.41) is 0. The van der Waals surface area contributed by atoms with Gasteiger partial charge in [-0.15, -0.1) is 12.3 Å². The van der Waals surface area contributed by atoms with Crippen LogP contribution < -0.4 is 0 Å². The molecule has 0 fully saturated rings. The summed E-state index contributed by atoms with van der Waals surface area (Å²) < 4.78 is 5.14. The first-order valence-electron chi connectivity index (χ1n) is 3.61. The summed E-state index contributed by atoms with van der Waals surface area (Å²) in [7, 11) is -1.69. The summed E-state index contributed by atoms with van der Waals surface area (Å²) in [6, 6.07) is 0. The van der Waals surface area contributed by atoms with Crippen LogP contribution >= 0.6 is 0 Å². The van der Waals surface area contributed by atoms with E-state index in [1.54, 1.807) is 0 Å². The summed E-state index contributed by atoms with van der Waals surface area (Å²) in [5.41, 5.74) is 0. The molecule has 0 heterocycles. The van der Waals surface area contributed by atoms with E-state index in [-0.39, 0.29) is 5.97 Å². The number of carbonyl (C=O) groups is 1. The predicted molar refractivity (Wildman–Crippen MR) is 47.5 cm³/mol. The molecule has 0 N–H and O–H groups in total. The first kappa shape index (κ1) is 10.2. The molecule has 0 radical (unpaired) electrons. The molecule has 0 aromatic heterocycles. The highest BCUT2D eigenvalue weighted by Gasteiger charge is 2.18. The lowest BCUT2D eigenvalue weighted by Gasteiger charge is -2.16. The minimum absolute atomic E-state index is 0.165. The van der Waals surface area contributed by atoms with Crippen molar-refractivity contribution in [3.63, 3.8) is 0 Å². The predicted octanol–water partition coefficient (Wildman–Crippen LogP) is 1.78. The standard InChI is InChI=1S/C8H14O2Si/c1-5-6-7-8(9)10-11(2,3)4/h1H,6-7H2,2-4H3. The van der Waals surface area contributed by atoms with Gasteiger partial charge in [-0.1, -0.05) is 0 Å².